The highest BCUT2D eigenvalue weighted by Crippen LogP contribution is 2.32. The average Bonchev–Trinajstić information content (AvgIpc) is 2.99. The molecule has 3 aromatic rings. The number of H-pyrrole nitrogens is 1. The van der Waals surface area contributed by atoms with Gasteiger partial charge in [0.25, 0.3) is 0 Å². The van der Waals surface area contributed by atoms with Crippen LogP contribution >= 0.6 is 11.6 Å². The van der Waals surface area contributed by atoms with E-state index < -0.39 is 5.97 Å². The number of nitrogens with two attached hydrogens (primary N) is 1. The van der Waals surface area contributed by atoms with Crippen LogP contribution in [-0.2, 0) is 0 Å². The molecule has 114 valence electrons. The van der Waals surface area contributed by atoms with E-state index >= 15 is 0 Å². The minimum Gasteiger partial charge on any atom is -0.476 e. The number of halogens is 1. The van der Waals surface area contributed by atoms with Crippen molar-refractivity contribution >= 4 is 34.2 Å². The third-order valence-corrected chi connectivity index (χ3v) is 3.03. The Morgan fingerprint density at radius 1 is 1.32 bits per heavy atom. The Morgan fingerprint density at radius 2 is 2.05 bits per heavy atom. The molecule has 4 N–H and O–H groups in total. The van der Waals surface area contributed by atoms with Crippen LogP contribution < -0.4 is 5.73 Å². The van der Waals surface area contributed by atoms with Gasteiger partial charge in [0.15, 0.2) is 5.69 Å². The second-order valence-corrected chi connectivity index (χ2v) is 4.38. The third kappa shape index (κ3) is 2.71. The number of aromatic carboxylic acids is 1. The zero-order chi connectivity index (χ0) is 16.3. The maximum Gasteiger partial charge on any atom is 0.356 e. The lowest BCUT2D eigenvalue weighted by Crippen LogP contribution is -2.09. The molecule has 0 unspecified atom stereocenters. The Morgan fingerprint density at radius 3 is 2.73 bits per heavy atom. The number of anilines is 1. The molecule has 0 saturated heterocycles. The third-order valence-electron chi connectivity index (χ3n) is 2.86. The number of hydrogen-bond donors (Lipinski definition) is 3. The molecule has 0 radical (unpaired) electrons. The maximum atomic E-state index is 11.1. The lowest BCUT2D eigenvalue weighted by molar-refractivity contribution is 0.0691. The van der Waals surface area contributed by atoms with E-state index in [1.165, 1.54) is 0 Å². The largest absolute Gasteiger partial charge is 0.476 e. The topological polar surface area (TPSA) is 118 Å². The van der Waals surface area contributed by atoms with Crippen LogP contribution in [0.25, 0.3) is 22.2 Å². The number of aromatic nitrogens is 4. The van der Waals surface area contributed by atoms with Crippen LogP contribution in [0.15, 0.2) is 24.4 Å². The summed E-state index contributed by atoms with van der Waals surface area (Å²) in [6.07, 6.45) is 1.61. The van der Waals surface area contributed by atoms with Crippen molar-refractivity contribution in [3.63, 3.8) is 0 Å². The van der Waals surface area contributed by atoms with Crippen molar-refractivity contribution < 1.29 is 9.90 Å². The molecule has 0 fully saturated rings. The van der Waals surface area contributed by atoms with Gasteiger partial charge in [-0.1, -0.05) is 26.0 Å². The first-order valence-corrected chi connectivity index (χ1v) is 6.94. The number of benzene rings is 1. The molecule has 0 aliphatic heterocycles. The summed E-state index contributed by atoms with van der Waals surface area (Å²) in [4.78, 5) is 18.8. The van der Waals surface area contributed by atoms with Gasteiger partial charge in [-0.15, -0.1) is 0 Å². The quantitative estimate of drug-likeness (QED) is 0.625. The fourth-order valence-corrected chi connectivity index (χ4v) is 2.15. The van der Waals surface area contributed by atoms with Crippen LogP contribution in [0.4, 0.5) is 5.69 Å². The molecule has 0 amide bonds. The highest BCUT2D eigenvalue weighted by Gasteiger charge is 2.19. The van der Waals surface area contributed by atoms with Gasteiger partial charge in [0, 0.05) is 10.9 Å². The molecule has 0 saturated carbocycles. The number of nitrogens with one attached hydrogen (secondary N) is 1. The smallest absolute Gasteiger partial charge is 0.356 e. The van der Waals surface area contributed by atoms with Crippen molar-refractivity contribution in [2.24, 2.45) is 0 Å². The lowest BCUT2D eigenvalue weighted by Gasteiger charge is -2.08. The number of carboxylic acids is 1. The van der Waals surface area contributed by atoms with E-state index in [-0.39, 0.29) is 22.4 Å². The molecule has 0 aliphatic rings. The fraction of sp³-hybridized carbons (Fsp3) is 0.143. The number of nitrogens with zero attached hydrogens (tertiary/aromatic N) is 3. The van der Waals surface area contributed by atoms with Crippen LogP contribution in [0.5, 0.6) is 0 Å². The molecular weight excluding hydrogens is 306 g/mol. The van der Waals surface area contributed by atoms with Crippen LogP contribution in [0.1, 0.15) is 24.3 Å². The number of hydrogen-bond acceptors (Lipinski definition) is 5. The van der Waals surface area contributed by atoms with Crippen molar-refractivity contribution in [3.05, 3.63) is 35.4 Å². The zero-order valence-electron chi connectivity index (χ0n) is 12.0. The molecule has 0 bridgehead atoms. The minimum atomic E-state index is -1.26. The number of rotatable bonds is 2. The summed E-state index contributed by atoms with van der Waals surface area (Å²) in [5, 5.41) is 16.4. The summed E-state index contributed by atoms with van der Waals surface area (Å²) in [6.45, 7) is 4.00. The second kappa shape index (κ2) is 6.40. The summed E-state index contributed by atoms with van der Waals surface area (Å²) in [6, 6.07) is 5.38. The Kier molecular flexibility index (Phi) is 4.57. The number of carbonyl (C=O) groups is 1. The summed E-state index contributed by atoms with van der Waals surface area (Å²) < 4.78 is 0. The Balaban J connectivity index is 0.000000847. The fourth-order valence-electron chi connectivity index (χ4n) is 1.99. The Labute approximate surface area is 131 Å². The molecular formula is C14H14ClN5O2. The number of fused-ring (bicyclic) bond motifs is 1. The highest BCUT2D eigenvalue weighted by atomic mass is 35.5. The van der Waals surface area contributed by atoms with Gasteiger partial charge in [-0.05, 0) is 17.7 Å². The number of aromatic amines is 1. The van der Waals surface area contributed by atoms with Gasteiger partial charge in [0.2, 0.25) is 5.28 Å². The van der Waals surface area contributed by atoms with E-state index in [2.05, 4.69) is 20.2 Å². The minimum absolute atomic E-state index is 0.0319. The standard InChI is InChI=1S/C12H8ClN5O2.C2H6/c13-12-16-9(8(14)10(17-12)11(19)20)5-2-1-3-7-6(5)4-15-18-7;1-2/h1-4H,14H2,(H,15,18)(H,19,20);1-2H3. The molecule has 7 nitrogen and oxygen atoms in total. The SMILES string of the molecule is CC.Nc1c(C(=O)O)nc(Cl)nc1-c1cccc2[nH]ncc12. The first-order valence-electron chi connectivity index (χ1n) is 6.56. The monoisotopic (exact) mass is 319 g/mol. The number of nitrogen functional groups attached to an aromatic ring is 1. The van der Waals surface area contributed by atoms with E-state index in [0.29, 0.717) is 5.56 Å². The first kappa shape index (κ1) is 15.7. The predicted molar refractivity (Wildman–Crippen MR) is 84.8 cm³/mol. The van der Waals surface area contributed by atoms with E-state index in [0.717, 1.165) is 10.9 Å². The van der Waals surface area contributed by atoms with Gasteiger partial charge >= 0.3 is 5.97 Å². The summed E-state index contributed by atoms with van der Waals surface area (Å²) in [7, 11) is 0. The molecule has 1 aromatic carbocycles. The molecule has 0 aliphatic carbocycles. The van der Waals surface area contributed by atoms with Crippen LogP contribution in [0.3, 0.4) is 0 Å². The van der Waals surface area contributed by atoms with Crippen LogP contribution in [0, 0.1) is 0 Å². The van der Waals surface area contributed by atoms with E-state index in [9.17, 15) is 4.79 Å². The normalized spacial score (nSPS) is 10.1. The van der Waals surface area contributed by atoms with Crippen molar-refractivity contribution in [3.8, 4) is 11.3 Å². The molecule has 2 aromatic heterocycles. The molecule has 3 rings (SSSR count). The van der Waals surface area contributed by atoms with E-state index in [1.807, 2.05) is 19.9 Å². The van der Waals surface area contributed by atoms with Gasteiger partial charge in [-0.2, -0.15) is 5.10 Å². The van der Waals surface area contributed by atoms with Crippen molar-refractivity contribution in [1.82, 2.24) is 20.2 Å². The Hall–Kier alpha value is -2.67. The van der Waals surface area contributed by atoms with Crippen molar-refractivity contribution in [2.45, 2.75) is 13.8 Å². The summed E-state index contributed by atoms with van der Waals surface area (Å²) >= 11 is 5.78. The van der Waals surface area contributed by atoms with E-state index in [1.54, 1.807) is 18.3 Å². The average molecular weight is 320 g/mol. The lowest BCUT2D eigenvalue weighted by atomic mass is 10.1. The van der Waals surface area contributed by atoms with E-state index in [4.69, 9.17) is 22.4 Å². The highest BCUT2D eigenvalue weighted by molar-refractivity contribution is 6.28. The second-order valence-electron chi connectivity index (χ2n) is 4.05. The molecule has 0 atom stereocenters. The van der Waals surface area contributed by atoms with Crippen LogP contribution in [0.2, 0.25) is 5.28 Å². The molecule has 2 heterocycles. The van der Waals surface area contributed by atoms with Crippen LogP contribution in [-0.4, -0.2) is 31.2 Å². The van der Waals surface area contributed by atoms with Gasteiger partial charge in [0.1, 0.15) is 0 Å². The summed E-state index contributed by atoms with van der Waals surface area (Å²) in [5.74, 6) is -1.26. The van der Waals surface area contributed by atoms with Gasteiger partial charge < -0.3 is 10.8 Å². The zero-order valence-corrected chi connectivity index (χ0v) is 12.7. The van der Waals surface area contributed by atoms with Crippen molar-refractivity contribution in [2.75, 3.05) is 5.73 Å². The Bertz CT molecular complexity index is 831. The molecule has 8 heteroatoms. The summed E-state index contributed by atoms with van der Waals surface area (Å²) in [5.41, 5.74) is 7.20. The number of carboxylic acid groups (broad SMARTS) is 1. The van der Waals surface area contributed by atoms with Gasteiger partial charge in [-0.3, -0.25) is 5.10 Å². The van der Waals surface area contributed by atoms with Crippen molar-refractivity contribution in [1.29, 1.82) is 0 Å². The molecule has 22 heavy (non-hydrogen) atoms. The van der Waals surface area contributed by atoms with Gasteiger partial charge in [0.05, 0.1) is 23.1 Å². The molecule has 0 spiro atoms. The maximum absolute atomic E-state index is 11.1. The van der Waals surface area contributed by atoms with Gasteiger partial charge in [-0.25, -0.2) is 14.8 Å². The first-order chi connectivity index (χ1) is 10.6. The predicted octanol–water partition coefficient (Wildman–Crippen LogP) is 2.98.